The van der Waals surface area contributed by atoms with Gasteiger partial charge in [0.15, 0.2) is 6.29 Å². The summed E-state index contributed by atoms with van der Waals surface area (Å²) in [4.78, 5) is 11.1. The Morgan fingerprint density at radius 2 is 2.19 bits per heavy atom. The zero-order valence-corrected chi connectivity index (χ0v) is 13.0. The molecule has 112 valence electrons. The van der Waals surface area contributed by atoms with Crippen LogP contribution in [0, 0.1) is 0 Å². The second-order valence-electron chi connectivity index (χ2n) is 4.49. The number of benzene rings is 1. The summed E-state index contributed by atoms with van der Waals surface area (Å²) in [6.45, 7) is 2.22. The van der Waals surface area contributed by atoms with Crippen LogP contribution in [0.5, 0.6) is 11.5 Å². The minimum atomic E-state index is 0.232. The average molecular weight is 309 g/mol. The lowest BCUT2D eigenvalue weighted by atomic mass is 10.2. The molecule has 0 aliphatic carbocycles. The lowest BCUT2D eigenvalue weighted by Crippen LogP contribution is -2.05. The molecule has 2 aromatic rings. The van der Waals surface area contributed by atoms with Crippen molar-refractivity contribution in [1.82, 2.24) is 9.78 Å². The lowest BCUT2D eigenvalue weighted by molar-refractivity contribution is 0.111. The Hall–Kier alpha value is -2.01. The van der Waals surface area contributed by atoms with E-state index in [2.05, 4.69) is 5.10 Å². The third-order valence-electron chi connectivity index (χ3n) is 3.22. The van der Waals surface area contributed by atoms with Crippen LogP contribution < -0.4 is 9.47 Å². The van der Waals surface area contributed by atoms with Crippen LogP contribution in [-0.2, 0) is 20.1 Å². The van der Waals surface area contributed by atoms with Crippen molar-refractivity contribution < 1.29 is 14.3 Å². The van der Waals surface area contributed by atoms with Gasteiger partial charge < -0.3 is 9.47 Å². The third-order valence-corrected chi connectivity index (χ3v) is 3.65. The second-order valence-corrected chi connectivity index (χ2v) is 4.87. The van der Waals surface area contributed by atoms with E-state index in [9.17, 15) is 4.79 Å². The van der Waals surface area contributed by atoms with Gasteiger partial charge in [-0.25, -0.2) is 0 Å². The van der Waals surface area contributed by atoms with Crippen LogP contribution in [0.1, 0.15) is 28.7 Å². The van der Waals surface area contributed by atoms with E-state index >= 15 is 0 Å². The highest BCUT2D eigenvalue weighted by Crippen LogP contribution is 2.26. The van der Waals surface area contributed by atoms with Gasteiger partial charge in [-0.3, -0.25) is 9.48 Å². The van der Waals surface area contributed by atoms with Crippen molar-refractivity contribution in [3.63, 3.8) is 0 Å². The fourth-order valence-electron chi connectivity index (χ4n) is 1.99. The molecule has 0 saturated carbocycles. The van der Waals surface area contributed by atoms with Crippen LogP contribution in [0.3, 0.4) is 0 Å². The Bertz CT molecular complexity index is 653. The molecule has 0 saturated heterocycles. The Kier molecular flexibility index (Phi) is 4.85. The number of aldehydes is 1. The largest absolute Gasteiger partial charge is 0.497 e. The van der Waals surface area contributed by atoms with E-state index in [-0.39, 0.29) is 6.61 Å². The predicted octanol–water partition coefficient (Wildman–Crippen LogP) is 3.04. The first kappa shape index (κ1) is 15.4. The Morgan fingerprint density at radius 1 is 1.43 bits per heavy atom. The van der Waals surface area contributed by atoms with Crippen LogP contribution in [0.4, 0.5) is 0 Å². The predicted molar refractivity (Wildman–Crippen MR) is 80.3 cm³/mol. The highest BCUT2D eigenvalue weighted by molar-refractivity contribution is 6.31. The van der Waals surface area contributed by atoms with Crippen molar-refractivity contribution in [3.8, 4) is 11.5 Å². The molecule has 0 amide bonds. The molecule has 0 fully saturated rings. The number of aromatic nitrogens is 2. The van der Waals surface area contributed by atoms with Crippen LogP contribution in [0.15, 0.2) is 18.2 Å². The molecular formula is C15H17ClN2O3. The molecule has 1 heterocycles. The zero-order valence-electron chi connectivity index (χ0n) is 12.2. The number of rotatable bonds is 6. The van der Waals surface area contributed by atoms with E-state index in [0.29, 0.717) is 22.1 Å². The van der Waals surface area contributed by atoms with E-state index in [1.54, 1.807) is 30.0 Å². The molecule has 0 unspecified atom stereocenters. The number of halogens is 1. The number of ether oxygens (including phenoxy) is 2. The molecule has 0 radical (unpaired) electrons. The molecule has 21 heavy (non-hydrogen) atoms. The van der Waals surface area contributed by atoms with E-state index in [1.807, 2.05) is 14.0 Å². The fraction of sp³-hybridized carbons (Fsp3) is 0.333. The fourth-order valence-corrected chi connectivity index (χ4v) is 2.34. The van der Waals surface area contributed by atoms with Gasteiger partial charge in [-0.05, 0) is 18.6 Å². The van der Waals surface area contributed by atoms with Crippen molar-refractivity contribution in [3.05, 3.63) is 40.2 Å². The molecule has 5 nitrogen and oxygen atoms in total. The first-order valence-electron chi connectivity index (χ1n) is 6.57. The highest BCUT2D eigenvalue weighted by Gasteiger charge is 2.14. The number of carbonyl (C=O) groups is 1. The molecule has 0 spiro atoms. The van der Waals surface area contributed by atoms with Gasteiger partial charge in [-0.15, -0.1) is 0 Å². The number of carbonyl (C=O) groups excluding carboxylic acids is 1. The first-order valence-corrected chi connectivity index (χ1v) is 6.94. The van der Waals surface area contributed by atoms with Crippen LogP contribution in [-0.4, -0.2) is 23.2 Å². The quantitative estimate of drug-likeness (QED) is 0.770. The van der Waals surface area contributed by atoms with Gasteiger partial charge in [0.2, 0.25) is 0 Å². The summed E-state index contributed by atoms with van der Waals surface area (Å²) in [7, 11) is 3.38. The lowest BCUT2D eigenvalue weighted by Gasteiger charge is -2.10. The standard InChI is InChI=1S/C15H17ClN2O3/c1-4-12-15(16)13(18(2)17-12)9-21-14-7-11(20-3)6-5-10(14)8-19/h5-8H,4,9H2,1-3H3. The molecular weight excluding hydrogens is 292 g/mol. The third kappa shape index (κ3) is 3.19. The molecule has 0 aliphatic rings. The number of aryl methyl sites for hydroxylation is 2. The van der Waals surface area contributed by atoms with Gasteiger partial charge in [0.1, 0.15) is 18.1 Å². The normalized spacial score (nSPS) is 10.5. The highest BCUT2D eigenvalue weighted by atomic mass is 35.5. The minimum Gasteiger partial charge on any atom is -0.497 e. The SMILES string of the molecule is CCc1nn(C)c(COc2cc(OC)ccc2C=O)c1Cl. The monoisotopic (exact) mass is 308 g/mol. The number of hydrogen-bond acceptors (Lipinski definition) is 4. The first-order chi connectivity index (χ1) is 10.1. The van der Waals surface area contributed by atoms with Crippen molar-refractivity contribution in [2.24, 2.45) is 7.05 Å². The number of hydrogen-bond donors (Lipinski definition) is 0. The summed E-state index contributed by atoms with van der Waals surface area (Å²) in [6.07, 6.45) is 1.50. The maximum atomic E-state index is 11.1. The Labute approximate surface area is 128 Å². The number of nitrogens with zero attached hydrogens (tertiary/aromatic N) is 2. The van der Waals surface area contributed by atoms with Crippen molar-refractivity contribution in [2.75, 3.05) is 7.11 Å². The molecule has 1 aromatic carbocycles. The summed E-state index contributed by atoms with van der Waals surface area (Å²) in [5, 5.41) is 4.93. The summed E-state index contributed by atoms with van der Waals surface area (Å²) >= 11 is 6.27. The van der Waals surface area contributed by atoms with Crippen molar-refractivity contribution >= 4 is 17.9 Å². The molecule has 6 heteroatoms. The molecule has 0 bridgehead atoms. The molecule has 0 aliphatic heterocycles. The summed E-state index contributed by atoms with van der Waals surface area (Å²) in [6, 6.07) is 5.04. The topological polar surface area (TPSA) is 53.4 Å². The number of methoxy groups -OCH3 is 1. The van der Waals surface area contributed by atoms with E-state index < -0.39 is 0 Å². The van der Waals surface area contributed by atoms with Gasteiger partial charge >= 0.3 is 0 Å². The average Bonchev–Trinajstić information content (AvgIpc) is 2.79. The Balaban J connectivity index is 2.23. The second kappa shape index (κ2) is 6.63. The van der Waals surface area contributed by atoms with Gasteiger partial charge in [0.25, 0.3) is 0 Å². The summed E-state index contributed by atoms with van der Waals surface area (Å²) in [5.74, 6) is 1.08. The maximum Gasteiger partial charge on any atom is 0.153 e. The Morgan fingerprint density at radius 3 is 2.76 bits per heavy atom. The van der Waals surface area contributed by atoms with Gasteiger partial charge in [0.05, 0.1) is 29.1 Å². The zero-order chi connectivity index (χ0) is 15.4. The van der Waals surface area contributed by atoms with E-state index in [1.165, 1.54) is 0 Å². The molecule has 0 N–H and O–H groups in total. The van der Waals surface area contributed by atoms with Crippen LogP contribution in [0.2, 0.25) is 5.02 Å². The molecule has 1 aromatic heterocycles. The smallest absolute Gasteiger partial charge is 0.153 e. The van der Waals surface area contributed by atoms with Crippen LogP contribution >= 0.6 is 11.6 Å². The van der Waals surface area contributed by atoms with E-state index in [4.69, 9.17) is 21.1 Å². The molecule has 2 rings (SSSR count). The maximum absolute atomic E-state index is 11.1. The van der Waals surface area contributed by atoms with Gasteiger partial charge in [0, 0.05) is 13.1 Å². The van der Waals surface area contributed by atoms with Crippen LogP contribution in [0.25, 0.3) is 0 Å². The van der Waals surface area contributed by atoms with Crippen molar-refractivity contribution in [1.29, 1.82) is 0 Å². The van der Waals surface area contributed by atoms with Gasteiger partial charge in [-0.2, -0.15) is 5.10 Å². The summed E-state index contributed by atoms with van der Waals surface area (Å²) < 4.78 is 12.6. The van der Waals surface area contributed by atoms with Crippen molar-refractivity contribution in [2.45, 2.75) is 20.0 Å². The van der Waals surface area contributed by atoms with E-state index in [0.717, 1.165) is 24.1 Å². The van der Waals surface area contributed by atoms with Gasteiger partial charge in [-0.1, -0.05) is 18.5 Å². The minimum absolute atomic E-state index is 0.232. The summed E-state index contributed by atoms with van der Waals surface area (Å²) in [5.41, 5.74) is 2.07. The molecule has 0 atom stereocenters.